The largest absolute Gasteiger partial charge is 0.480 e. The van der Waals surface area contributed by atoms with Gasteiger partial charge in [0.05, 0.1) is 11.7 Å². The molecule has 124 valence electrons. The summed E-state index contributed by atoms with van der Waals surface area (Å²) in [6.07, 6.45) is 1.63. The van der Waals surface area contributed by atoms with Crippen molar-refractivity contribution in [2.75, 3.05) is 0 Å². The molecule has 0 fully saturated rings. The second kappa shape index (κ2) is 6.37. The van der Waals surface area contributed by atoms with Gasteiger partial charge in [-0.1, -0.05) is 24.6 Å². The number of nitrogens with zero attached hydrogens (tertiary/aromatic N) is 2. The van der Waals surface area contributed by atoms with E-state index in [9.17, 15) is 14.7 Å². The van der Waals surface area contributed by atoms with Crippen LogP contribution in [0.5, 0.6) is 0 Å². The van der Waals surface area contributed by atoms with Crippen LogP contribution in [0, 0.1) is 6.92 Å². The zero-order valence-electron chi connectivity index (χ0n) is 13.1. The van der Waals surface area contributed by atoms with Crippen molar-refractivity contribution in [2.45, 2.75) is 26.3 Å². The number of halogens is 1. The number of hydrogen-bond donors (Lipinski definition) is 1. The van der Waals surface area contributed by atoms with Gasteiger partial charge >= 0.3 is 5.97 Å². The first-order valence-corrected chi connectivity index (χ1v) is 8.67. The average molecular weight is 363 g/mol. The van der Waals surface area contributed by atoms with Crippen molar-refractivity contribution in [2.24, 2.45) is 0 Å². The fraction of sp³-hybridized carbons (Fsp3) is 0.235. The Labute approximate surface area is 147 Å². The molecule has 3 rings (SSSR count). The van der Waals surface area contributed by atoms with Crippen molar-refractivity contribution >= 4 is 39.1 Å². The van der Waals surface area contributed by atoms with Crippen LogP contribution in [-0.4, -0.2) is 20.6 Å². The molecule has 0 saturated carbocycles. The number of aryl methyl sites for hydroxylation is 1. The van der Waals surface area contributed by atoms with Crippen molar-refractivity contribution < 1.29 is 9.90 Å². The van der Waals surface area contributed by atoms with E-state index in [0.717, 1.165) is 16.7 Å². The van der Waals surface area contributed by atoms with Crippen LogP contribution in [0.4, 0.5) is 0 Å². The number of hydrogen-bond acceptors (Lipinski definition) is 4. The highest BCUT2D eigenvalue weighted by atomic mass is 35.5. The summed E-state index contributed by atoms with van der Waals surface area (Å²) in [4.78, 5) is 29.1. The minimum atomic E-state index is -1.04. The van der Waals surface area contributed by atoms with E-state index in [0.29, 0.717) is 21.7 Å². The van der Waals surface area contributed by atoms with Gasteiger partial charge < -0.3 is 5.11 Å². The van der Waals surface area contributed by atoms with Crippen molar-refractivity contribution in [3.63, 3.8) is 0 Å². The molecule has 0 bridgehead atoms. The first-order valence-electron chi connectivity index (χ1n) is 7.41. The van der Waals surface area contributed by atoms with Gasteiger partial charge in [0.2, 0.25) is 0 Å². The van der Waals surface area contributed by atoms with Crippen molar-refractivity contribution in [1.82, 2.24) is 9.55 Å². The molecule has 0 saturated heterocycles. The number of aliphatic carboxylic acids is 1. The van der Waals surface area contributed by atoms with Gasteiger partial charge in [-0.15, -0.1) is 11.3 Å². The second-order valence-electron chi connectivity index (χ2n) is 5.51. The fourth-order valence-corrected chi connectivity index (χ4v) is 3.71. The first-order chi connectivity index (χ1) is 11.4. The SMILES string of the molecule is CCC(C(=O)O)n1cnc2scc(-c3ccc(Cl)c(C)c3)c2c1=O. The van der Waals surface area contributed by atoms with E-state index in [4.69, 9.17) is 11.6 Å². The third-order valence-corrected chi connectivity index (χ3v) is 5.31. The summed E-state index contributed by atoms with van der Waals surface area (Å²) >= 11 is 7.44. The molecular weight excluding hydrogens is 348 g/mol. The van der Waals surface area contributed by atoms with Crippen LogP contribution >= 0.6 is 22.9 Å². The lowest BCUT2D eigenvalue weighted by Gasteiger charge is -2.13. The second-order valence-corrected chi connectivity index (χ2v) is 6.78. The zero-order valence-corrected chi connectivity index (χ0v) is 14.7. The van der Waals surface area contributed by atoms with Crippen LogP contribution in [-0.2, 0) is 4.79 Å². The lowest BCUT2D eigenvalue weighted by Crippen LogP contribution is -2.29. The summed E-state index contributed by atoms with van der Waals surface area (Å²) in [6, 6.07) is 4.63. The quantitative estimate of drug-likeness (QED) is 0.757. The Hall–Kier alpha value is -2.18. The Balaban J connectivity index is 2.26. The Kier molecular flexibility index (Phi) is 4.43. The first kappa shape index (κ1) is 16.7. The predicted molar refractivity (Wildman–Crippen MR) is 96.0 cm³/mol. The number of benzene rings is 1. The van der Waals surface area contributed by atoms with Gasteiger partial charge in [0, 0.05) is 16.0 Å². The number of aromatic nitrogens is 2. The van der Waals surface area contributed by atoms with Crippen LogP contribution in [0.3, 0.4) is 0 Å². The molecule has 1 atom stereocenters. The summed E-state index contributed by atoms with van der Waals surface area (Å²) in [5.41, 5.74) is 2.19. The summed E-state index contributed by atoms with van der Waals surface area (Å²) in [7, 11) is 0. The van der Waals surface area contributed by atoms with E-state index in [1.807, 2.05) is 24.4 Å². The third kappa shape index (κ3) is 2.72. The number of rotatable bonds is 4. The number of carboxylic acid groups (broad SMARTS) is 1. The molecule has 2 heterocycles. The molecule has 2 aromatic heterocycles. The maximum atomic E-state index is 12.9. The molecule has 0 spiro atoms. The molecule has 5 nitrogen and oxygen atoms in total. The zero-order chi connectivity index (χ0) is 17.4. The fourth-order valence-electron chi connectivity index (χ4n) is 2.68. The predicted octanol–water partition coefficient (Wildman–Crippen LogP) is 4.12. The number of thiophene rings is 1. The molecule has 0 aliphatic rings. The normalized spacial score (nSPS) is 12.5. The molecule has 0 radical (unpaired) electrons. The van der Waals surface area contributed by atoms with E-state index in [1.54, 1.807) is 13.0 Å². The van der Waals surface area contributed by atoms with Crippen LogP contribution in [0.15, 0.2) is 34.7 Å². The Morgan fingerprint density at radius 3 is 2.83 bits per heavy atom. The van der Waals surface area contributed by atoms with Gasteiger partial charge in [0.25, 0.3) is 5.56 Å². The van der Waals surface area contributed by atoms with Crippen molar-refractivity contribution in [3.05, 3.63) is 50.8 Å². The van der Waals surface area contributed by atoms with E-state index in [-0.39, 0.29) is 5.56 Å². The van der Waals surface area contributed by atoms with Gasteiger partial charge in [-0.2, -0.15) is 0 Å². The number of fused-ring (bicyclic) bond motifs is 1. The minimum absolute atomic E-state index is 0.307. The smallest absolute Gasteiger partial charge is 0.326 e. The minimum Gasteiger partial charge on any atom is -0.480 e. The Bertz CT molecular complexity index is 993. The molecule has 24 heavy (non-hydrogen) atoms. The molecule has 3 aromatic rings. The Morgan fingerprint density at radius 2 is 2.21 bits per heavy atom. The van der Waals surface area contributed by atoms with Crippen molar-refractivity contribution in [3.8, 4) is 11.1 Å². The van der Waals surface area contributed by atoms with Crippen LogP contribution in [0.2, 0.25) is 5.02 Å². The van der Waals surface area contributed by atoms with Crippen LogP contribution in [0.1, 0.15) is 24.9 Å². The molecule has 0 aliphatic heterocycles. The number of carbonyl (C=O) groups is 1. The maximum absolute atomic E-state index is 12.9. The molecule has 0 amide bonds. The molecule has 7 heteroatoms. The Morgan fingerprint density at radius 1 is 1.46 bits per heavy atom. The van der Waals surface area contributed by atoms with Crippen LogP contribution < -0.4 is 5.56 Å². The van der Waals surface area contributed by atoms with Gasteiger partial charge in [0.1, 0.15) is 10.9 Å². The molecular formula is C17H15ClN2O3S. The van der Waals surface area contributed by atoms with Gasteiger partial charge in [-0.05, 0) is 36.6 Å². The van der Waals surface area contributed by atoms with Gasteiger partial charge in [0.15, 0.2) is 0 Å². The summed E-state index contributed by atoms with van der Waals surface area (Å²) in [5, 5.41) is 12.3. The highest BCUT2D eigenvalue weighted by molar-refractivity contribution is 7.17. The molecule has 1 N–H and O–H groups in total. The van der Waals surface area contributed by atoms with Crippen LogP contribution in [0.25, 0.3) is 21.3 Å². The standard InChI is InChI=1S/C17H15ClN2O3S/c1-3-13(17(22)23)20-8-19-15-14(16(20)21)11(7-24-15)10-4-5-12(18)9(2)6-10/h4-8,13H,3H2,1-2H3,(H,22,23). The molecule has 0 aliphatic carbocycles. The molecule has 1 aromatic carbocycles. The summed E-state index contributed by atoms with van der Waals surface area (Å²) < 4.78 is 1.20. The highest BCUT2D eigenvalue weighted by Gasteiger charge is 2.22. The van der Waals surface area contributed by atoms with Gasteiger partial charge in [-0.3, -0.25) is 9.36 Å². The van der Waals surface area contributed by atoms with E-state index < -0.39 is 12.0 Å². The maximum Gasteiger partial charge on any atom is 0.326 e. The van der Waals surface area contributed by atoms with Crippen molar-refractivity contribution in [1.29, 1.82) is 0 Å². The van der Waals surface area contributed by atoms with E-state index in [1.165, 1.54) is 22.2 Å². The number of carboxylic acids is 1. The average Bonchev–Trinajstić information content (AvgIpc) is 2.97. The monoisotopic (exact) mass is 362 g/mol. The summed E-state index contributed by atoms with van der Waals surface area (Å²) in [5.74, 6) is -1.04. The van der Waals surface area contributed by atoms with Gasteiger partial charge in [-0.25, -0.2) is 9.78 Å². The lowest BCUT2D eigenvalue weighted by atomic mass is 10.0. The summed E-state index contributed by atoms with van der Waals surface area (Å²) in [6.45, 7) is 3.63. The third-order valence-electron chi connectivity index (χ3n) is 4.00. The molecule has 1 unspecified atom stereocenters. The highest BCUT2D eigenvalue weighted by Crippen LogP contribution is 2.32. The van der Waals surface area contributed by atoms with E-state index in [2.05, 4.69) is 4.98 Å². The van der Waals surface area contributed by atoms with E-state index >= 15 is 0 Å². The lowest BCUT2D eigenvalue weighted by molar-refractivity contribution is -0.141. The topological polar surface area (TPSA) is 72.2 Å².